The van der Waals surface area contributed by atoms with Crippen LogP contribution in [0.1, 0.15) is 22.8 Å². The molecule has 0 heterocycles. The van der Waals surface area contributed by atoms with Crippen LogP contribution in [0.3, 0.4) is 0 Å². The monoisotopic (exact) mass is 236 g/mol. The molecule has 0 aliphatic heterocycles. The number of ether oxygens (including phenoxy) is 2. The van der Waals surface area contributed by atoms with Gasteiger partial charge in [0.05, 0.1) is 7.11 Å². The van der Waals surface area contributed by atoms with E-state index in [1.54, 1.807) is 24.3 Å². The highest BCUT2D eigenvalue weighted by Gasteiger charge is 2.19. The standard InChI is InChI=1S/C13H16O4/c1-3-17-12(13(15)16-2)8-10-4-6-11(9-14)7-5-10/h4-7,9,12H,3,8H2,1-2H3. The van der Waals surface area contributed by atoms with Gasteiger partial charge in [0.25, 0.3) is 0 Å². The first kappa shape index (κ1) is 13.4. The van der Waals surface area contributed by atoms with Crippen molar-refractivity contribution < 1.29 is 19.1 Å². The van der Waals surface area contributed by atoms with Crippen LogP contribution in [0.2, 0.25) is 0 Å². The number of rotatable bonds is 6. The Morgan fingerprint density at radius 2 is 2.00 bits per heavy atom. The highest BCUT2D eigenvalue weighted by molar-refractivity contribution is 5.76. The van der Waals surface area contributed by atoms with E-state index in [9.17, 15) is 9.59 Å². The summed E-state index contributed by atoms with van der Waals surface area (Å²) in [5.41, 5.74) is 1.54. The van der Waals surface area contributed by atoms with E-state index in [0.29, 0.717) is 18.6 Å². The van der Waals surface area contributed by atoms with Crippen LogP contribution in [0.5, 0.6) is 0 Å². The van der Waals surface area contributed by atoms with Crippen molar-refractivity contribution in [1.82, 2.24) is 0 Å². The molecular weight excluding hydrogens is 220 g/mol. The molecular formula is C13H16O4. The number of benzene rings is 1. The van der Waals surface area contributed by atoms with Gasteiger partial charge >= 0.3 is 5.97 Å². The summed E-state index contributed by atoms with van der Waals surface area (Å²) in [5, 5.41) is 0. The number of aldehydes is 1. The largest absolute Gasteiger partial charge is 0.467 e. The first-order chi connectivity index (χ1) is 8.21. The summed E-state index contributed by atoms with van der Waals surface area (Å²) >= 11 is 0. The quantitative estimate of drug-likeness (QED) is 0.556. The molecule has 0 amide bonds. The number of hydrogen-bond acceptors (Lipinski definition) is 4. The first-order valence-electron chi connectivity index (χ1n) is 5.44. The van der Waals surface area contributed by atoms with Gasteiger partial charge in [-0.15, -0.1) is 0 Å². The van der Waals surface area contributed by atoms with Crippen molar-refractivity contribution in [2.45, 2.75) is 19.4 Å². The van der Waals surface area contributed by atoms with E-state index >= 15 is 0 Å². The van der Waals surface area contributed by atoms with Gasteiger partial charge in [0.15, 0.2) is 6.10 Å². The number of methoxy groups -OCH3 is 1. The van der Waals surface area contributed by atoms with Gasteiger partial charge in [0.2, 0.25) is 0 Å². The summed E-state index contributed by atoms with van der Waals surface area (Å²) in [7, 11) is 1.34. The van der Waals surface area contributed by atoms with Crippen molar-refractivity contribution in [1.29, 1.82) is 0 Å². The molecule has 0 radical (unpaired) electrons. The molecule has 92 valence electrons. The number of hydrogen-bond donors (Lipinski definition) is 0. The Morgan fingerprint density at radius 3 is 2.47 bits per heavy atom. The molecule has 0 spiro atoms. The maximum atomic E-state index is 11.4. The summed E-state index contributed by atoms with van der Waals surface area (Å²) in [6.45, 7) is 2.28. The second-order valence-electron chi connectivity index (χ2n) is 3.53. The average molecular weight is 236 g/mol. The molecule has 0 aliphatic carbocycles. The molecule has 1 unspecified atom stereocenters. The fourth-order valence-corrected chi connectivity index (χ4v) is 1.49. The number of carbonyl (C=O) groups is 2. The summed E-state index contributed by atoms with van der Waals surface area (Å²) in [6.07, 6.45) is 0.635. The molecule has 1 aromatic carbocycles. The third-order valence-electron chi connectivity index (χ3n) is 2.37. The normalized spacial score (nSPS) is 11.9. The van der Waals surface area contributed by atoms with Crippen molar-refractivity contribution >= 4 is 12.3 Å². The first-order valence-corrected chi connectivity index (χ1v) is 5.44. The van der Waals surface area contributed by atoms with Crippen molar-refractivity contribution in [2.24, 2.45) is 0 Å². The van der Waals surface area contributed by atoms with Crippen molar-refractivity contribution in [3.05, 3.63) is 35.4 Å². The van der Waals surface area contributed by atoms with E-state index in [2.05, 4.69) is 4.74 Å². The Kier molecular flexibility index (Phi) is 5.36. The number of carbonyl (C=O) groups excluding carboxylic acids is 2. The molecule has 0 bridgehead atoms. The van der Waals surface area contributed by atoms with Crippen molar-refractivity contribution in [3.63, 3.8) is 0 Å². The summed E-state index contributed by atoms with van der Waals surface area (Å²) in [5.74, 6) is -0.383. The SMILES string of the molecule is CCOC(Cc1ccc(C=O)cc1)C(=O)OC. The van der Waals surface area contributed by atoms with Crippen molar-refractivity contribution in [3.8, 4) is 0 Å². The minimum atomic E-state index is -0.591. The topological polar surface area (TPSA) is 52.6 Å². The number of esters is 1. The Balaban J connectivity index is 2.71. The predicted octanol–water partition coefficient (Wildman–Crippen LogP) is 1.62. The molecule has 0 fully saturated rings. The highest BCUT2D eigenvalue weighted by Crippen LogP contribution is 2.09. The maximum absolute atomic E-state index is 11.4. The van der Waals surface area contributed by atoms with Gasteiger partial charge in [0.1, 0.15) is 6.29 Å². The minimum Gasteiger partial charge on any atom is -0.467 e. The maximum Gasteiger partial charge on any atom is 0.335 e. The lowest BCUT2D eigenvalue weighted by Crippen LogP contribution is -2.28. The van der Waals surface area contributed by atoms with E-state index in [-0.39, 0.29) is 5.97 Å². The van der Waals surface area contributed by atoms with Gasteiger partial charge in [-0.1, -0.05) is 24.3 Å². The molecule has 1 atom stereocenters. The van der Waals surface area contributed by atoms with E-state index in [1.807, 2.05) is 6.92 Å². The van der Waals surface area contributed by atoms with Crippen LogP contribution in [-0.4, -0.2) is 32.1 Å². The molecule has 1 aromatic rings. The highest BCUT2D eigenvalue weighted by atomic mass is 16.6. The van der Waals surface area contributed by atoms with Gasteiger partial charge < -0.3 is 9.47 Å². The van der Waals surface area contributed by atoms with Gasteiger partial charge in [-0.2, -0.15) is 0 Å². The summed E-state index contributed by atoms with van der Waals surface area (Å²) in [4.78, 5) is 21.9. The molecule has 1 rings (SSSR count). The molecule has 17 heavy (non-hydrogen) atoms. The molecule has 0 aliphatic rings. The Hall–Kier alpha value is -1.68. The van der Waals surface area contributed by atoms with Crippen molar-refractivity contribution in [2.75, 3.05) is 13.7 Å². The van der Waals surface area contributed by atoms with E-state index in [1.165, 1.54) is 7.11 Å². The zero-order chi connectivity index (χ0) is 12.7. The molecule has 4 heteroatoms. The molecule has 0 saturated carbocycles. The average Bonchev–Trinajstić information content (AvgIpc) is 2.38. The summed E-state index contributed by atoms with van der Waals surface area (Å²) in [6, 6.07) is 7.03. The van der Waals surface area contributed by atoms with Crippen LogP contribution in [0, 0.1) is 0 Å². The van der Waals surface area contributed by atoms with E-state index in [4.69, 9.17) is 4.74 Å². The third-order valence-corrected chi connectivity index (χ3v) is 2.37. The minimum absolute atomic E-state index is 0.383. The molecule has 0 N–H and O–H groups in total. The van der Waals surface area contributed by atoms with Crippen LogP contribution in [0.15, 0.2) is 24.3 Å². The van der Waals surface area contributed by atoms with Crippen LogP contribution in [0.4, 0.5) is 0 Å². The van der Waals surface area contributed by atoms with Gasteiger partial charge in [-0.3, -0.25) is 4.79 Å². The Bertz CT molecular complexity index is 370. The second kappa shape index (κ2) is 6.81. The fraction of sp³-hybridized carbons (Fsp3) is 0.385. The van der Waals surface area contributed by atoms with Crippen LogP contribution >= 0.6 is 0 Å². The van der Waals surface area contributed by atoms with Crippen LogP contribution < -0.4 is 0 Å². The molecule has 0 aromatic heterocycles. The van der Waals surface area contributed by atoms with Gasteiger partial charge in [0, 0.05) is 18.6 Å². The Morgan fingerprint density at radius 1 is 1.35 bits per heavy atom. The van der Waals surface area contributed by atoms with Crippen LogP contribution in [0.25, 0.3) is 0 Å². The zero-order valence-corrected chi connectivity index (χ0v) is 10.0. The van der Waals surface area contributed by atoms with E-state index < -0.39 is 6.10 Å². The lowest BCUT2D eigenvalue weighted by molar-refractivity contribution is -0.153. The van der Waals surface area contributed by atoms with E-state index in [0.717, 1.165) is 11.8 Å². The summed E-state index contributed by atoms with van der Waals surface area (Å²) < 4.78 is 9.97. The molecule has 0 saturated heterocycles. The smallest absolute Gasteiger partial charge is 0.335 e. The van der Waals surface area contributed by atoms with Gasteiger partial charge in [-0.25, -0.2) is 4.79 Å². The lowest BCUT2D eigenvalue weighted by atomic mass is 10.1. The predicted molar refractivity (Wildman–Crippen MR) is 63.0 cm³/mol. The lowest BCUT2D eigenvalue weighted by Gasteiger charge is -2.14. The third kappa shape index (κ3) is 4.00. The van der Waals surface area contributed by atoms with Crippen LogP contribution in [-0.2, 0) is 20.7 Å². The fourth-order valence-electron chi connectivity index (χ4n) is 1.49. The zero-order valence-electron chi connectivity index (χ0n) is 10.0. The van der Waals surface area contributed by atoms with Gasteiger partial charge in [-0.05, 0) is 12.5 Å². The Labute approximate surface area is 101 Å². The molecule has 4 nitrogen and oxygen atoms in total. The second-order valence-corrected chi connectivity index (χ2v) is 3.53.